The number of hydrogen-bond acceptors (Lipinski definition) is 18. The van der Waals surface area contributed by atoms with Gasteiger partial charge in [-0.25, -0.2) is 0 Å². The topological polar surface area (TPSA) is 218 Å². The third-order valence-electron chi connectivity index (χ3n) is 7.51. The van der Waals surface area contributed by atoms with Crippen LogP contribution in [-0.4, -0.2) is 188 Å². The normalized spacial score (nSPS) is 12.0. The number of nitrogens with zero attached hydrogens (tertiary/aromatic N) is 2. The second-order valence-corrected chi connectivity index (χ2v) is 12.1. The molecule has 0 aliphatic carbocycles. The molecule has 1 atom stereocenters. The zero-order valence-electron chi connectivity index (χ0n) is 33.9. The van der Waals surface area contributed by atoms with Crippen LogP contribution in [0.2, 0.25) is 0 Å². The van der Waals surface area contributed by atoms with Crippen LogP contribution < -0.4 is 5.32 Å². The van der Waals surface area contributed by atoms with Gasteiger partial charge in [0.25, 0.3) is 11.4 Å². The smallest absolute Gasteiger partial charge is 0.299 e. The minimum absolute atomic E-state index is 0.184. The van der Waals surface area contributed by atoms with E-state index in [-0.39, 0.29) is 30.2 Å². The zero-order chi connectivity index (χ0) is 41.3. The number of anilines is 1. The number of benzene rings is 1. The van der Waals surface area contributed by atoms with Crippen LogP contribution in [0.15, 0.2) is 18.2 Å². The fourth-order valence-electron chi connectivity index (χ4n) is 4.23. The molecule has 0 radical (unpaired) electrons. The van der Waals surface area contributed by atoms with E-state index in [0.29, 0.717) is 164 Å². The lowest BCUT2D eigenvalue weighted by Gasteiger charge is -2.10. The van der Waals surface area contributed by atoms with Crippen LogP contribution >= 0.6 is 0 Å². The van der Waals surface area contributed by atoms with Gasteiger partial charge in [0, 0.05) is 19.2 Å². The second-order valence-electron chi connectivity index (χ2n) is 12.1. The van der Waals surface area contributed by atoms with Gasteiger partial charge in [0.15, 0.2) is 0 Å². The molecule has 0 spiro atoms. The van der Waals surface area contributed by atoms with E-state index in [1.165, 1.54) is 12.1 Å². The Morgan fingerprint density at radius 1 is 0.474 bits per heavy atom. The molecule has 0 aliphatic rings. The first kappa shape index (κ1) is 52.3. The lowest BCUT2D eigenvalue weighted by molar-refractivity contribution is -0.393. The molecule has 0 saturated heterocycles. The third kappa shape index (κ3) is 33.9. The van der Waals surface area contributed by atoms with Gasteiger partial charge >= 0.3 is 0 Å². The lowest BCUT2D eigenvalue weighted by Crippen LogP contribution is -2.16. The maximum atomic E-state index is 11.2. The van der Waals surface area contributed by atoms with E-state index < -0.39 is 9.85 Å². The summed E-state index contributed by atoms with van der Waals surface area (Å²) in [5, 5.41) is 24.8. The fraction of sp³-hybridized carbons (Fsp3) is 0.838. The lowest BCUT2D eigenvalue weighted by atomic mass is 10.1. The van der Waals surface area contributed by atoms with E-state index in [1.807, 2.05) is 0 Å². The van der Waals surface area contributed by atoms with Crippen molar-refractivity contribution >= 4 is 17.1 Å². The van der Waals surface area contributed by atoms with Gasteiger partial charge in [-0.05, 0) is 12.0 Å². The molecule has 1 aromatic rings. The predicted molar refractivity (Wildman–Crippen MR) is 208 cm³/mol. The molecule has 0 aromatic heterocycles. The van der Waals surface area contributed by atoms with Crippen molar-refractivity contribution in [1.82, 2.24) is 0 Å². The number of nitro benzene ring substituents is 2. The zero-order valence-corrected chi connectivity index (χ0v) is 33.9. The van der Waals surface area contributed by atoms with Gasteiger partial charge in [0.2, 0.25) is 0 Å². The van der Waals surface area contributed by atoms with Crippen LogP contribution in [0.25, 0.3) is 0 Å². The highest BCUT2D eigenvalue weighted by Gasteiger charge is 2.19. The number of hydrogen-bond donors (Lipinski definition) is 1. The molecule has 0 bridgehead atoms. The molecule has 20 nitrogen and oxygen atoms in total. The standard InChI is InChI=1S/C37H67N3O17/c1-3-34(2)33-57-31-30-56-29-28-55-27-26-54-25-24-53-23-22-52-21-20-51-19-18-50-17-16-49-15-14-48-13-12-47-11-10-46-9-8-45-7-6-38-36-5-4-35(39(41)42)32-37(36)40(43)44/h4-5,32,34,38H,3,6-31,33H2,1-2H3. The molecule has 57 heavy (non-hydrogen) atoms. The van der Waals surface area contributed by atoms with E-state index >= 15 is 0 Å². The van der Waals surface area contributed by atoms with Gasteiger partial charge in [-0.15, -0.1) is 0 Å². The number of nitro groups is 2. The predicted octanol–water partition coefficient (Wildman–Crippen LogP) is 3.18. The summed E-state index contributed by atoms with van der Waals surface area (Å²) in [5.74, 6) is 0.585. The van der Waals surface area contributed by atoms with Crippen molar-refractivity contribution in [3.63, 3.8) is 0 Å². The summed E-state index contributed by atoms with van der Waals surface area (Å²) < 4.78 is 71.2. The van der Waals surface area contributed by atoms with Crippen LogP contribution in [-0.2, 0) is 61.6 Å². The first-order valence-electron chi connectivity index (χ1n) is 19.6. The highest BCUT2D eigenvalue weighted by molar-refractivity contribution is 5.65. The minimum atomic E-state index is -0.681. The van der Waals surface area contributed by atoms with Crippen molar-refractivity contribution in [2.24, 2.45) is 5.92 Å². The van der Waals surface area contributed by atoms with Gasteiger partial charge in [-0.1, -0.05) is 20.3 Å². The molecule has 20 heteroatoms. The minimum Gasteiger partial charge on any atom is -0.379 e. The highest BCUT2D eigenvalue weighted by Crippen LogP contribution is 2.28. The summed E-state index contributed by atoms with van der Waals surface area (Å²) in [5.41, 5.74) is -0.530. The van der Waals surface area contributed by atoms with Gasteiger partial charge in [-0.2, -0.15) is 0 Å². The van der Waals surface area contributed by atoms with Gasteiger partial charge in [0.1, 0.15) is 5.69 Å². The Kier molecular flexibility index (Phi) is 36.8. The molecule has 1 aromatic carbocycles. The largest absolute Gasteiger partial charge is 0.379 e. The molecular formula is C37H67N3O17. The summed E-state index contributed by atoms with van der Waals surface area (Å²) >= 11 is 0. The quantitative estimate of drug-likeness (QED) is 0.0567. The summed E-state index contributed by atoms with van der Waals surface area (Å²) in [6, 6.07) is 3.43. The van der Waals surface area contributed by atoms with Crippen LogP contribution in [0.5, 0.6) is 0 Å². The molecule has 1 N–H and O–H groups in total. The second kappa shape index (κ2) is 40.1. The first-order chi connectivity index (χ1) is 28.0. The number of non-ortho nitro benzene ring substituents is 1. The van der Waals surface area contributed by atoms with Crippen molar-refractivity contribution in [2.75, 3.05) is 184 Å². The van der Waals surface area contributed by atoms with Crippen molar-refractivity contribution in [3.8, 4) is 0 Å². The van der Waals surface area contributed by atoms with Crippen molar-refractivity contribution < 1.29 is 71.4 Å². The molecule has 1 unspecified atom stereocenters. The van der Waals surface area contributed by atoms with Crippen molar-refractivity contribution in [3.05, 3.63) is 38.4 Å². The Bertz CT molecular complexity index is 1080. The number of nitrogens with one attached hydrogen (secondary N) is 1. The van der Waals surface area contributed by atoms with Crippen LogP contribution in [0.3, 0.4) is 0 Å². The Morgan fingerprint density at radius 3 is 1.05 bits per heavy atom. The van der Waals surface area contributed by atoms with E-state index in [0.717, 1.165) is 19.1 Å². The van der Waals surface area contributed by atoms with Crippen LogP contribution in [0, 0.1) is 26.1 Å². The van der Waals surface area contributed by atoms with Crippen molar-refractivity contribution in [1.29, 1.82) is 0 Å². The maximum absolute atomic E-state index is 11.2. The highest BCUT2D eigenvalue weighted by atomic mass is 16.6. The fourth-order valence-corrected chi connectivity index (χ4v) is 4.23. The molecule has 0 heterocycles. The summed E-state index contributed by atoms with van der Waals surface area (Å²) in [7, 11) is 0. The number of rotatable bonds is 45. The Morgan fingerprint density at radius 2 is 0.772 bits per heavy atom. The van der Waals surface area contributed by atoms with E-state index in [4.69, 9.17) is 61.6 Å². The first-order valence-corrected chi connectivity index (χ1v) is 19.6. The summed E-state index contributed by atoms with van der Waals surface area (Å²) in [4.78, 5) is 20.6. The van der Waals surface area contributed by atoms with Gasteiger partial charge < -0.3 is 66.9 Å². The Hall–Kier alpha value is -2.70. The molecule has 0 saturated carbocycles. The monoisotopic (exact) mass is 825 g/mol. The average molecular weight is 826 g/mol. The molecule has 332 valence electrons. The van der Waals surface area contributed by atoms with Crippen LogP contribution in [0.1, 0.15) is 20.3 Å². The average Bonchev–Trinajstić information content (AvgIpc) is 3.21. The third-order valence-corrected chi connectivity index (χ3v) is 7.51. The Balaban J connectivity index is 1.68. The van der Waals surface area contributed by atoms with Gasteiger partial charge in [-0.3, -0.25) is 20.2 Å². The SMILES string of the molecule is CCC(C)COCCOCCOCCOCCOCCOCCOCCOCCOCCOCCOCCOCCOCCNc1ccc([N+](=O)[O-])cc1[N+](=O)[O-]. The van der Waals surface area contributed by atoms with Gasteiger partial charge in [0.05, 0.1) is 181 Å². The molecule has 0 aliphatic heterocycles. The molecule has 0 amide bonds. The molecule has 1 rings (SSSR count). The maximum Gasteiger partial charge on any atom is 0.299 e. The molecule has 0 fully saturated rings. The van der Waals surface area contributed by atoms with Crippen LogP contribution in [0.4, 0.5) is 17.1 Å². The van der Waals surface area contributed by atoms with E-state index in [9.17, 15) is 20.2 Å². The summed E-state index contributed by atoms with van der Waals surface area (Å²) in [6.07, 6.45) is 1.12. The Labute approximate surface area is 336 Å². The van der Waals surface area contributed by atoms with E-state index in [1.54, 1.807) is 0 Å². The van der Waals surface area contributed by atoms with E-state index in [2.05, 4.69) is 19.2 Å². The molecular weight excluding hydrogens is 758 g/mol. The number of ether oxygens (including phenoxy) is 13. The van der Waals surface area contributed by atoms with Crippen molar-refractivity contribution in [2.45, 2.75) is 20.3 Å². The summed E-state index contributed by atoms with van der Waals surface area (Å²) in [6.45, 7) is 17.1.